The van der Waals surface area contributed by atoms with Crippen LogP contribution in [0.25, 0.3) is 0 Å². The van der Waals surface area contributed by atoms with Gasteiger partial charge in [0, 0.05) is 4.88 Å². The van der Waals surface area contributed by atoms with Gasteiger partial charge in [-0.3, -0.25) is 0 Å². The highest BCUT2D eigenvalue weighted by atomic mass is 32.1. The van der Waals surface area contributed by atoms with E-state index in [0.717, 1.165) is 6.42 Å². The molecule has 1 heterocycles. The first kappa shape index (κ1) is 13.2. The molecule has 0 aliphatic heterocycles. The number of thiophene rings is 1. The summed E-state index contributed by atoms with van der Waals surface area (Å²) in [5.74, 6) is 0. The molecule has 0 amide bonds. The van der Waals surface area contributed by atoms with Gasteiger partial charge < -0.3 is 0 Å². The maximum absolute atomic E-state index is 4.00. The van der Waals surface area contributed by atoms with Crippen LogP contribution < -0.4 is 0 Å². The second kappa shape index (κ2) is 8.76. The van der Waals surface area contributed by atoms with Crippen molar-refractivity contribution in [3.63, 3.8) is 0 Å². The summed E-state index contributed by atoms with van der Waals surface area (Å²) in [5.41, 5.74) is 1.38. The molecule has 0 N–H and O–H groups in total. The SMILES string of the molecule is C=C.C=C(CC)CCCc1cccs1. The van der Waals surface area contributed by atoms with Crippen LogP contribution in [0.5, 0.6) is 0 Å². The van der Waals surface area contributed by atoms with Crippen LogP contribution in [-0.2, 0) is 6.42 Å². The molecular formula is C13H20S. The Bertz CT molecular complexity index is 234. The Kier molecular flexibility index (Phi) is 8.25. The van der Waals surface area contributed by atoms with Gasteiger partial charge in [-0.25, -0.2) is 0 Å². The molecule has 78 valence electrons. The first-order valence-electron chi connectivity index (χ1n) is 5.02. The summed E-state index contributed by atoms with van der Waals surface area (Å²) in [7, 11) is 0. The van der Waals surface area contributed by atoms with E-state index >= 15 is 0 Å². The molecule has 0 atom stereocenters. The summed E-state index contributed by atoms with van der Waals surface area (Å²) in [4.78, 5) is 1.50. The lowest BCUT2D eigenvalue weighted by atomic mass is 10.1. The molecule has 1 aromatic rings. The van der Waals surface area contributed by atoms with Crippen LogP contribution in [0.4, 0.5) is 0 Å². The van der Waals surface area contributed by atoms with Gasteiger partial charge in [-0.2, -0.15) is 0 Å². The van der Waals surface area contributed by atoms with Crippen molar-refractivity contribution in [3.8, 4) is 0 Å². The predicted molar refractivity (Wildman–Crippen MR) is 67.9 cm³/mol. The van der Waals surface area contributed by atoms with Gasteiger partial charge in [-0.1, -0.05) is 25.1 Å². The van der Waals surface area contributed by atoms with Gasteiger partial charge >= 0.3 is 0 Å². The smallest absolute Gasteiger partial charge is 0.00453 e. The third-order valence-electron chi connectivity index (χ3n) is 2.03. The standard InChI is InChI=1S/C11H16S.C2H4/c1-3-10(2)6-4-7-11-8-5-9-12-11;1-2/h5,8-9H,2-4,6-7H2,1H3;1-2H2. The van der Waals surface area contributed by atoms with Crippen molar-refractivity contribution in [1.82, 2.24) is 0 Å². The molecule has 1 heteroatoms. The molecule has 0 nitrogen and oxygen atoms in total. The van der Waals surface area contributed by atoms with E-state index in [0.29, 0.717) is 0 Å². The first-order chi connectivity index (χ1) is 6.83. The van der Waals surface area contributed by atoms with E-state index in [1.54, 1.807) is 0 Å². The minimum atomic E-state index is 1.13. The highest BCUT2D eigenvalue weighted by Gasteiger charge is 1.94. The van der Waals surface area contributed by atoms with E-state index in [9.17, 15) is 0 Å². The molecule has 0 aliphatic carbocycles. The molecule has 0 aliphatic rings. The van der Waals surface area contributed by atoms with Crippen molar-refractivity contribution in [3.05, 3.63) is 47.7 Å². The van der Waals surface area contributed by atoms with Gasteiger partial charge in [0.05, 0.1) is 0 Å². The van der Waals surface area contributed by atoms with Crippen LogP contribution in [0.2, 0.25) is 0 Å². The average Bonchev–Trinajstić information content (AvgIpc) is 2.73. The van der Waals surface area contributed by atoms with Gasteiger partial charge in [-0.15, -0.1) is 24.5 Å². The van der Waals surface area contributed by atoms with Crippen molar-refractivity contribution < 1.29 is 0 Å². The van der Waals surface area contributed by atoms with Gasteiger partial charge in [0.1, 0.15) is 0 Å². The quantitative estimate of drug-likeness (QED) is 0.607. The molecule has 0 spiro atoms. The number of hydrogen-bond donors (Lipinski definition) is 0. The van der Waals surface area contributed by atoms with Gasteiger partial charge in [0.25, 0.3) is 0 Å². The zero-order chi connectivity index (χ0) is 10.8. The minimum absolute atomic E-state index is 1.13. The fraction of sp³-hybridized carbons (Fsp3) is 0.385. The van der Waals surface area contributed by atoms with Gasteiger partial charge in [0.2, 0.25) is 0 Å². The number of allylic oxidation sites excluding steroid dienone is 1. The van der Waals surface area contributed by atoms with Crippen LogP contribution in [0.3, 0.4) is 0 Å². The van der Waals surface area contributed by atoms with E-state index in [2.05, 4.69) is 44.2 Å². The van der Waals surface area contributed by atoms with Crippen LogP contribution in [-0.4, -0.2) is 0 Å². The summed E-state index contributed by atoms with van der Waals surface area (Å²) in [6.45, 7) is 12.2. The largest absolute Gasteiger partial charge is 0.149 e. The third kappa shape index (κ3) is 5.76. The summed E-state index contributed by atoms with van der Waals surface area (Å²) < 4.78 is 0. The second-order valence-electron chi connectivity index (χ2n) is 3.04. The van der Waals surface area contributed by atoms with Gasteiger partial charge in [0.15, 0.2) is 0 Å². The zero-order valence-corrected chi connectivity index (χ0v) is 9.91. The van der Waals surface area contributed by atoms with Crippen LogP contribution in [0.15, 0.2) is 42.8 Å². The normalized spacial score (nSPS) is 8.93. The lowest BCUT2D eigenvalue weighted by Crippen LogP contribution is -1.83. The van der Waals surface area contributed by atoms with Crippen molar-refractivity contribution in [2.75, 3.05) is 0 Å². The Morgan fingerprint density at radius 2 is 2.14 bits per heavy atom. The molecule has 0 unspecified atom stereocenters. The molecule has 0 radical (unpaired) electrons. The maximum atomic E-state index is 4.00. The highest BCUT2D eigenvalue weighted by Crippen LogP contribution is 2.14. The summed E-state index contributed by atoms with van der Waals surface area (Å²) >= 11 is 1.85. The monoisotopic (exact) mass is 208 g/mol. The molecule has 1 rings (SSSR count). The van der Waals surface area contributed by atoms with Crippen molar-refractivity contribution >= 4 is 11.3 Å². The molecule has 1 aromatic heterocycles. The van der Waals surface area contributed by atoms with E-state index in [4.69, 9.17) is 0 Å². The Morgan fingerprint density at radius 1 is 1.43 bits per heavy atom. The summed E-state index contributed by atoms with van der Waals surface area (Å²) in [5, 5.41) is 2.14. The number of rotatable bonds is 5. The predicted octanol–water partition coefficient (Wildman–Crippen LogP) is 4.84. The topological polar surface area (TPSA) is 0 Å². The molecule has 0 saturated heterocycles. The first-order valence-corrected chi connectivity index (χ1v) is 5.90. The van der Waals surface area contributed by atoms with E-state index in [-0.39, 0.29) is 0 Å². The Labute approximate surface area is 92.0 Å². The average molecular weight is 208 g/mol. The fourth-order valence-corrected chi connectivity index (χ4v) is 1.90. The molecular weight excluding hydrogens is 188 g/mol. The van der Waals surface area contributed by atoms with Gasteiger partial charge in [-0.05, 0) is 37.1 Å². The van der Waals surface area contributed by atoms with Crippen LogP contribution in [0.1, 0.15) is 31.1 Å². The molecule has 0 aromatic carbocycles. The lowest BCUT2D eigenvalue weighted by molar-refractivity contribution is 0.797. The second-order valence-corrected chi connectivity index (χ2v) is 4.07. The molecule has 0 fully saturated rings. The maximum Gasteiger partial charge on any atom is 0.00453 e. The molecule has 14 heavy (non-hydrogen) atoms. The Morgan fingerprint density at radius 3 is 2.64 bits per heavy atom. The lowest BCUT2D eigenvalue weighted by Gasteiger charge is -2.00. The molecule has 0 saturated carbocycles. The number of hydrogen-bond acceptors (Lipinski definition) is 1. The van der Waals surface area contributed by atoms with Crippen molar-refractivity contribution in [2.45, 2.75) is 32.6 Å². The fourth-order valence-electron chi connectivity index (χ4n) is 1.14. The summed E-state index contributed by atoms with van der Waals surface area (Å²) in [6.07, 6.45) is 4.79. The highest BCUT2D eigenvalue weighted by molar-refractivity contribution is 7.09. The Balaban J connectivity index is 0.000000791. The Hall–Kier alpha value is -0.820. The van der Waals surface area contributed by atoms with E-state index in [1.807, 2.05) is 11.3 Å². The minimum Gasteiger partial charge on any atom is -0.149 e. The van der Waals surface area contributed by atoms with Crippen LogP contribution >= 0.6 is 11.3 Å². The van der Waals surface area contributed by atoms with E-state index < -0.39 is 0 Å². The molecule has 0 bridgehead atoms. The van der Waals surface area contributed by atoms with Crippen molar-refractivity contribution in [2.24, 2.45) is 0 Å². The summed E-state index contributed by atoms with van der Waals surface area (Å²) in [6, 6.07) is 4.33. The van der Waals surface area contributed by atoms with Crippen molar-refractivity contribution in [1.29, 1.82) is 0 Å². The van der Waals surface area contributed by atoms with Crippen LogP contribution in [0, 0.1) is 0 Å². The van der Waals surface area contributed by atoms with E-state index in [1.165, 1.54) is 29.7 Å². The zero-order valence-electron chi connectivity index (χ0n) is 9.09. The number of aryl methyl sites for hydroxylation is 1. The third-order valence-corrected chi connectivity index (χ3v) is 2.97.